The molecule has 0 N–H and O–H groups in total. The number of morpholine rings is 1. The summed E-state index contributed by atoms with van der Waals surface area (Å²) in [4.78, 5) is 16.4. The van der Waals surface area contributed by atoms with Gasteiger partial charge in [0.1, 0.15) is 0 Å². The maximum Gasteiger partial charge on any atom is 0.219 e. The first-order valence-electron chi connectivity index (χ1n) is 8.22. The molecule has 1 aromatic rings. The number of hydrogen-bond acceptors (Lipinski definition) is 3. The van der Waals surface area contributed by atoms with Gasteiger partial charge < -0.3 is 9.64 Å². The molecule has 4 nitrogen and oxygen atoms in total. The van der Waals surface area contributed by atoms with E-state index in [1.54, 1.807) is 6.92 Å². The van der Waals surface area contributed by atoms with Gasteiger partial charge in [-0.1, -0.05) is 18.2 Å². The van der Waals surface area contributed by atoms with E-state index < -0.39 is 0 Å². The minimum Gasteiger partial charge on any atom is -0.374 e. The Labute approximate surface area is 133 Å². The van der Waals surface area contributed by atoms with Crippen LogP contribution in [0, 0.1) is 13.8 Å². The van der Waals surface area contributed by atoms with E-state index in [-0.39, 0.29) is 18.1 Å². The van der Waals surface area contributed by atoms with E-state index in [2.05, 4.69) is 36.9 Å². The van der Waals surface area contributed by atoms with Crippen LogP contribution in [0.3, 0.4) is 0 Å². The lowest BCUT2D eigenvalue weighted by Gasteiger charge is -2.47. The Hall–Kier alpha value is -1.39. The molecular weight excluding hydrogens is 276 g/mol. The van der Waals surface area contributed by atoms with Crippen molar-refractivity contribution in [3.63, 3.8) is 0 Å². The maximum absolute atomic E-state index is 11.9. The van der Waals surface area contributed by atoms with Crippen molar-refractivity contribution in [2.75, 3.05) is 26.2 Å². The average Bonchev–Trinajstić information content (AvgIpc) is 2.50. The third kappa shape index (κ3) is 3.03. The van der Waals surface area contributed by atoms with Gasteiger partial charge in [-0.3, -0.25) is 9.69 Å². The number of ether oxygens (including phenoxy) is 1. The minimum atomic E-state index is 0.173. The average molecular weight is 302 g/mol. The summed E-state index contributed by atoms with van der Waals surface area (Å²) < 4.78 is 5.89. The topological polar surface area (TPSA) is 32.8 Å². The van der Waals surface area contributed by atoms with Gasteiger partial charge in [-0.2, -0.15) is 0 Å². The zero-order chi connectivity index (χ0) is 15.7. The second-order valence-electron chi connectivity index (χ2n) is 6.58. The summed E-state index contributed by atoms with van der Waals surface area (Å²) in [5, 5.41) is 0. The number of carbonyl (C=O) groups excluding carboxylic acids is 1. The van der Waals surface area contributed by atoms with Crippen LogP contribution in [-0.2, 0) is 16.1 Å². The van der Waals surface area contributed by atoms with Gasteiger partial charge in [0.25, 0.3) is 0 Å². The molecule has 22 heavy (non-hydrogen) atoms. The second kappa shape index (κ2) is 6.39. The van der Waals surface area contributed by atoms with E-state index in [1.165, 1.54) is 16.7 Å². The first-order valence-corrected chi connectivity index (χ1v) is 8.22. The number of nitrogens with zero attached hydrogens (tertiary/aromatic N) is 2. The van der Waals surface area contributed by atoms with Crippen LogP contribution in [0.5, 0.6) is 0 Å². The number of hydrogen-bond donors (Lipinski definition) is 0. The summed E-state index contributed by atoms with van der Waals surface area (Å²) in [5.41, 5.74) is 4.13. The van der Waals surface area contributed by atoms with Gasteiger partial charge in [-0.15, -0.1) is 0 Å². The predicted octanol–water partition coefficient (Wildman–Crippen LogP) is 2.13. The van der Waals surface area contributed by atoms with Gasteiger partial charge in [-0.25, -0.2) is 0 Å². The number of benzene rings is 1. The fraction of sp³-hybridized carbons (Fsp3) is 0.611. The molecule has 0 radical (unpaired) electrons. The van der Waals surface area contributed by atoms with Crippen molar-refractivity contribution >= 4 is 5.91 Å². The Kier molecular flexibility index (Phi) is 4.50. The molecule has 2 fully saturated rings. The van der Waals surface area contributed by atoms with E-state index in [4.69, 9.17) is 4.74 Å². The molecule has 120 valence electrons. The van der Waals surface area contributed by atoms with Crippen LogP contribution in [-0.4, -0.2) is 54.1 Å². The van der Waals surface area contributed by atoms with Gasteiger partial charge >= 0.3 is 0 Å². The van der Waals surface area contributed by atoms with Gasteiger partial charge in [0.2, 0.25) is 5.91 Å². The molecule has 2 aliphatic heterocycles. The Morgan fingerprint density at radius 2 is 2.00 bits per heavy atom. The highest BCUT2D eigenvalue weighted by molar-refractivity contribution is 5.73. The maximum atomic E-state index is 11.9. The number of piperidine rings is 1. The molecule has 2 heterocycles. The summed E-state index contributed by atoms with van der Waals surface area (Å²) >= 11 is 0. The lowest BCUT2D eigenvalue weighted by Crippen LogP contribution is -2.60. The molecular formula is C18H26N2O2. The second-order valence-corrected chi connectivity index (χ2v) is 6.58. The smallest absolute Gasteiger partial charge is 0.219 e. The molecule has 3 rings (SSSR count). The van der Waals surface area contributed by atoms with Crippen LogP contribution in [0.4, 0.5) is 0 Å². The Bertz CT molecular complexity index is 538. The number of rotatable bonds is 2. The van der Waals surface area contributed by atoms with Gasteiger partial charge in [0.05, 0.1) is 18.8 Å². The van der Waals surface area contributed by atoms with E-state index in [1.807, 2.05) is 4.90 Å². The van der Waals surface area contributed by atoms with Crippen LogP contribution in [0.25, 0.3) is 0 Å². The SMILES string of the molecule is CC(=O)N1CCO[C@@H]2CCN(Cc3c(C)cccc3C)C[C@H]21. The van der Waals surface area contributed by atoms with Crippen molar-refractivity contribution < 1.29 is 9.53 Å². The van der Waals surface area contributed by atoms with Crippen LogP contribution in [0.15, 0.2) is 18.2 Å². The first kappa shape index (κ1) is 15.5. The highest BCUT2D eigenvalue weighted by Gasteiger charge is 2.38. The summed E-state index contributed by atoms with van der Waals surface area (Å²) in [7, 11) is 0. The van der Waals surface area contributed by atoms with E-state index in [0.717, 1.165) is 32.6 Å². The molecule has 0 aliphatic carbocycles. The lowest BCUT2D eigenvalue weighted by atomic mass is 9.96. The van der Waals surface area contributed by atoms with Crippen molar-refractivity contribution in [2.24, 2.45) is 0 Å². The quantitative estimate of drug-likeness (QED) is 0.839. The molecule has 1 aromatic carbocycles. The summed E-state index contributed by atoms with van der Waals surface area (Å²) in [5.74, 6) is 0.173. The number of aryl methyl sites for hydroxylation is 2. The minimum absolute atomic E-state index is 0.173. The lowest BCUT2D eigenvalue weighted by molar-refractivity contribution is -0.150. The highest BCUT2D eigenvalue weighted by Crippen LogP contribution is 2.25. The molecule has 0 saturated carbocycles. The van der Waals surface area contributed by atoms with E-state index in [9.17, 15) is 4.79 Å². The molecule has 2 atom stereocenters. The first-order chi connectivity index (χ1) is 10.6. The van der Waals surface area contributed by atoms with Gasteiger partial charge in [0.15, 0.2) is 0 Å². The molecule has 4 heteroatoms. The van der Waals surface area contributed by atoms with E-state index >= 15 is 0 Å². The summed E-state index contributed by atoms with van der Waals surface area (Å²) in [6, 6.07) is 6.69. The standard InChI is InChI=1S/C18H26N2O2/c1-13-5-4-6-14(2)16(13)11-19-8-7-18-17(12-19)20(15(3)21)9-10-22-18/h4-6,17-18H,7-12H2,1-3H3/t17-,18-/m1/s1. The van der Waals surface area contributed by atoms with Crippen LogP contribution >= 0.6 is 0 Å². The molecule has 0 bridgehead atoms. The van der Waals surface area contributed by atoms with Crippen molar-refractivity contribution in [2.45, 2.75) is 45.9 Å². The third-order valence-corrected chi connectivity index (χ3v) is 5.10. The molecule has 0 aromatic heterocycles. The highest BCUT2D eigenvalue weighted by atomic mass is 16.5. The van der Waals surface area contributed by atoms with Gasteiger partial charge in [0, 0.05) is 33.1 Å². The van der Waals surface area contributed by atoms with E-state index in [0.29, 0.717) is 6.61 Å². The largest absolute Gasteiger partial charge is 0.374 e. The zero-order valence-electron chi connectivity index (χ0n) is 13.8. The fourth-order valence-electron chi connectivity index (χ4n) is 3.79. The molecule has 2 aliphatic rings. The Morgan fingerprint density at radius 3 is 2.68 bits per heavy atom. The third-order valence-electron chi connectivity index (χ3n) is 5.10. The van der Waals surface area contributed by atoms with Crippen LogP contribution in [0.1, 0.15) is 30.0 Å². The molecule has 1 amide bonds. The zero-order valence-corrected chi connectivity index (χ0v) is 13.8. The van der Waals surface area contributed by atoms with Crippen LogP contribution in [0.2, 0.25) is 0 Å². The molecule has 0 unspecified atom stereocenters. The summed E-state index contributed by atoms with van der Waals surface area (Å²) in [6.45, 7) is 10.4. The molecule has 0 spiro atoms. The number of likely N-dealkylation sites (tertiary alicyclic amines) is 1. The van der Waals surface area contributed by atoms with Crippen molar-refractivity contribution in [1.82, 2.24) is 9.80 Å². The van der Waals surface area contributed by atoms with Crippen molar-refractivity contribution in [3.8, 4) is 0 Å². The molecule has 2 saturated heterocycles. The summed E-state index contributed by atoms with van der Waals surface area (Å²) in [6.07, 6.45) is 1.23. The normalized spacial score (nSPS) is 25.9. The Morgan fingerprint density at radius 1 is 1.27 bits per heavy atom. The predicted molar refractivity (Wildman–Crippen MR) is 86.7 cm³/mol. The number of carbonyl (C=O) groups is 1. The monoisotopic (exact) mass is 302 g/mol. The Balaban J connectivity index is 1.73. The van der Waals surface area contributed by atoms with Crippen molar-refractivity contribution in [3.05, 3.63) is 34.9 Å². The van der Waals surface area contributed by atoms with Crippen molar-refractivity contribution in [1.29, 1.82) is 0 Å². The van der Waals surface area contributed by atoms with Gasteiger partial charge in [-0.05, 0) is 37.0 Å². The van der Waals surface area contributed by atoms with Crippen LogP contribution < -0.4 is 0 Å². The number of fused-ring (bicyclic) bond motifs is 1. The fourth-order valence-corrected chi connectivity index (χ4v) is 3.79. The number of amides is 1.